The summed E-state index contributed by atoms with van der Waals surface area (Å²) in [4.78, 5) is 0. The fourth-order valence-electron chi connectivity index (χ4n) is 1.68. The molecule has 0 unspecified atom stereocenters. The van der Waals surface area contributed by atoms with Gasteiger partial charge in [-0.1, -0.05) is 50.3 Å². The van der Waals surface area contributed by atoms with E-state index in [-0.39, 0.29) is 5.41 Å². The number of aromatic nitrogens is 3. The van der Waals surface area contributed by atoms with Crippen molar-refractivity contribution >= 4 is 10.0 Å². The molecule has 0 aliphatic carbocycles. The van der Waals surface area contributed by atoms with Crippen LogP contribution >= 0.6 is 0 Å². The Morgan fingerprint density at radius 1 is 1.11 bits per heavy atom. The van der Waals surface area contributed by atoms with Crippen molar-refractivity contribution in [2.45, 2.75) is 26.2 Å². The zero-order chi connectivity index (χ0) is 14.3. The predicted molar refractivity (Wildman–Crippen MR) is 74.4 cm³/mol. The summed E-state index contributed by atoms with van der Waals surface area (Å²) in [5, 5.41) is 7.49. The molecule has 5 nitrogen and oxygen atoms in total. The van der Waals surface area contributed by atoms with Gasteiger partial charge in [-0.2, -0.15) is 0 Å². The number of rotatable bonds is 2. The molecule has 0 atom stereocenters. The van der Waals surface area contributed by atoms with Gasteiger partial charge in [0, 0.05) is 5.56 Å². The van der Waals surface area contributed by atoms with Crippen LogP contribution < -0.4 is 0 Å². The molecule has 1 aromatic carbocycles. The van der Waals surface area contributed by atoms with Crippen LogP contribution in [-0.2, 0) is 15.4 Å². The summed E-state index contributed by atoms with van der Waals surface area (Å²) in [7, 11) is -3.38. The Morgan fingerprint density at radius 2 is 1.68 bits per heavy atom. The van der Waals surface area contributed by atoms with Crippen LogP contribution in [-0.4, -0.2) is 29.1 Å². The molecule has 0 aliphatic rings. The van der Waals surface area contributed by atoms with E-state index in [9.17, 15) is 8.42 Å². The van der Waals surface area contributed by atoms with E-state index in [1.807, 2.05) is 24.3 Å². The first-order valence-electron chi connectivity index (χ1n) is 5.92. The van der Waals surface area contributed by atoms with E-state index in [1.165, 1.54) is 11.8 Å². The van der Waals surface area contributed by atoms with E-state index in [0.717, 1.165) is 15.9 Å². The molecule has 102 valence electrons. The number of benzene rings is 1. The fraction of sp³-hybridized carbons (Fsp3) is 0.385. The molecule has 0 aliphatic heterocycles. The Morgan fingerprint density at radius 3 is 2.11 bits per heavy atom. The first-order valence-corrected chi connectivity index (χ1v) is 7.76. The van der Waals surface area contributed by atoms with E-state index in [1.54, 1.807) is 0 Å². The number of hydrogen-bond donors (Lipinski definition) is 0. The van der Waals surface area contributed by atoms with Gasteiger partial charge < -0.3 is 0 Å². The SMILES string of the molecule is CC(C)(C)c1ccc(-c2cn(S(C)(=O)=O)nn2)cc1. The molecule has 2 rings (SSSR count). The standard InChI is InChI=1S/C13H17N3O2S/c1-13(2,3)11-7-5-10(6-8-11)12-9-16(15-14-12)19(4,17)18/h5-9H,1-4H3. The van der Waals surface area contributed by atoms with Crippen LogP contribution in [0.25, 0.3) is 11.3 Å². The lowest BCUT2D eigenvalue weighted by Crippen LogP contribution is -2.10. The van der Waals surface area contributed by atoms with Crippen molar-refractivity contribution in [1.29, 1.82) is 0 Å². The van der Waals surface area contributed by atoms with Crippen molar-refractivity contribution in [3.63, 3.8) is 0 Å². The van der Waals surface area contributed by atoms with Crippen LogP contribution in [0.5, 0.6) is 0 Å². The molecule has 1 heterocycles. The molecule has 0 saturated heterocycles. The monoisotopic (exact) mass is 279 g/mol. The molecule has 0 amide bonds. The van der Waals surface area contributed by atoms with Gasteiger partial charge >= 0.3 is 0 Å². The minimum atomic E-state index is -3.38. The molecule has 0 spiro atoms. The van der Waals surface area contributed by atoms with Crippen LogP contribution in [0, 0.1) is 0 Å². The summed E-state index contributed by atoms with van der Waals surface area (Å²) in [6.07, 6.45) is 2.51. The van der Waals surface area contributed by atoms with Gasteiger partial charge in [-0.05, 0) is 11.0 Å². The number of nitrogens with zero attached hydrogens (tertiary/aromatic N) is 3. The highest BCUT2D eigenvalue weighted by Gasteiger charge is 2.14. The molecule has 0 radical (unpaired) electrons. The Kier molecular flexibility index (Phi) is 3.22. The van der Waals surface area contributed by atoms with Crippen molar-refractivity contribution in [2.24, 2.45) is 0 Å². The molecule has 1 aromatic heterocycles. The highest BCUT2D eigenvalue weighted by Crippen LogP contribution is 2.25. The molecular formula is C13H17N3O2S. The molecule has 6 heteroatoms. The van der Waals surface area contributed by atoms with Gasteiger partial charge in [0.05, 0.1) is 12.5 Å². The third kappa shape index (κ3) is 3.01. The average Bonchev–Trinajstić information content (AvgIpc) is 2.77. The summed E-state index contributed by atoms with van der Waals surface area (Å²) in [5.74, 6) is 0. The number of hydrogen-bond acceptors (Lipinski definition) is 4. The van der Waals surface area contributed by atoms with E-state index >= 15 is 0 Å². The zero-order valence-corrected chi connectivity index (χ0v) is 12.3. The Balaban J connectivity index is 2.36. The largest absolute Gasteiger partial charge is 0.252 e. The molecular weight excluding hydrogens is 262 g/mol. The van der Waals surface area contributed by atoms with Gasteiger partial charge in [-0.15, -0.1) is 9.19 Å². The smallest absolute Gasteiger partial charge is 0.205 e. The average molecular weight is 279 g/mol. The van der Waals surface area contributed by atoms with Gasteiger partial charge in [0.1, 0.15) is 5.69 Å². The fourth-order valence-corrected chi connectivity index (χ4v) is 2.14. The first-order chi connectivity index (χ1) is 8.68. The van der Waals surface area contributed by atoms with E-state index in [4.69, 9.17) is 0 Å². The Hall–Kier alpha value is -1.69. The summed E-state index contributed by atoms with van der Waals surface area (Å²) < 4.78 is 23.5. The maximum absolute atomic E-state index is 11.3. The van der Waals surface area contributed by atoms with E-state index in [2.05, 4.69) is 31.1 Å². The van der Waals surface area contributed by atoms with Crippen LogP contribution in [0.3, 0.4) is 0 Å². The maximum atomic E-state index is 11.3. The van der Waals surface area contributed by atoms with Crippen molar-refractivity contribution in [2.75, 3.05) is 6.26 Å². The van der Waals surface area contributed by atoms with Gasteiger partial charge in [0.15, 0.2) is 0 Å². The van der Waals surface area contributed by atoms with Gasteiger partial charge in [-0.25, -0.2) is 8.42 Å². The van der Waals surface area contributed by atoms with Crippen molar-refractivity contribution < 1.29 is 8.42 Å². The van der Waals surface area contributed by atoms with Crippen molar-refractivity contribution in [3.8, 4) is 11.3 Å². The lowest BCUT2D eigenvalue weighted by Gasteiger charge is -2.18. The molecule has 0 bridgehead atoms. The lowest BCUT2D eigenvalue weighted by atomic mass is 9.86. The minimum absolute atomic E-state index is 0.0862. The van der Waals surface area contributed by atoms with Crippen LogP contribution in [0.15, 0.2) is 30.5 Å². The maximum Gasteiger partial charge on any atom is 0.252 e. The highest BCUT2D eigenvalue weighted by atomic mass is 32.2. The van der Waals surface area contributed by atoms with E-state index in [0.29, 0.717) is 5.69 Å². The predicted octanol–water partition coefficient (Wildman–Crippen LogP) is 2.05. The molecule has 0 N–H and O–H groups in total. The van der Waals surface area contributed by atoms with Crippen molar-refractivity contribution in [1.82, 2.24) is 14.4 Å². The Labute approximate surface area is 113 Å². The van der Waals surface area contributed by atoms with Gasteiger partial charge in [0.25, 0.3) is 10.0 Å². The minimum Gasteiger partial charge on any atom is -0.205 e. The summed E-state index contributed by atoms with van der Waals surface area (Å²) >= 11 is 0. The highest BCUT2D eigenvalue weighted by molar-refractivity contribution is 7.89. The Bertz CT molecular complexity index is 679. The van der Waals surface area contributed by atoms with Gasteiger partial charge in [0.2, 0.25) is 0 Å². The normalized spacial score (nSPS) is 12.6. The van der Waals surface area contributed by atoms with Crippen LogP contribution in [0.2, 0.25) is 0 Å². The summed E-state index contributed by atoms with van der Waals surface area (Å²) in [6, 6.07) is 7.90. The lowest BCUT2D eigenvalue weighted by molar-refractivity contribution is 0.583. The second-order valence-corrected chi connectivity index (χ2v) is 7.41. The van der Waals surface area contributed by atoms with E-state index < -0.39 is 10.0 Å². The second kappa shape index (κ2) is 4.45. The zero-order valence-electron chi connectivity index (χ0n) is 11.5. The summed E-state index contributed by atoms with van der Waals surface area (Å²) in [6.45, 7) is 6.42. The van der Waals surface area contributed by atoms with Crippen LogP contribution in [0.4, 0.5) is 0 Å². The third-order valence-corrected chi connectivity index (χ3v) is 3.72. The quantitative estimate of drug-likeness (QED) is 0.844. The molecule has 19 heavy (non-hydrogen) atoms. The topological polar surface area (TPSA) is 64.8 Å². The third-order valence-electron chi connectivity index (χ3n) is 2.86. The second-order valence-electron chi connectivity index (χ2n) is 5.57. The summed E-state index contributed by atoms with van der Waals surface area (Å²) in [5.41, 5.74) is 2.70. The molecule has 2 aromatic rings. The van der Waals surface area contributed by atoms with Crippen LogP contribution in [0.1, 0.15) is 26.3 Å². The molecule has 0 fully saturated rings. The molecule has 0 saturated carbocycles. The van der Waals surface area contributed by atoms with Gasteiger partial charge in [-0.3, -0.25) is 0 Å². The van der Waals surface area contributed by atoms with Crippen molar-refractivity contribution in [3.05, 3.63) is 36.0 Å². The first kappa shape index (κ1) is 13.7.